The molecule has 0 radical (unpaired) electrons. The van der Waals surface area contributed by atoms with Gasteiger partial charge in [0.25, 0.3) is 11.7 Å². The summed E-state index contributed by atoms with van der Waals surface area (Å²) in [5, 5.41) is 2.35. The molecule has 21 heavy (non-hydrogen) atoms. The predicted molar refractivity (Wildman–Crippen MR) is 72.2 cm³/mol. The second kappa shape index (κ2) is 8.26. The number of carbonyl (C=O) groups excluding carboxylic acids is 4. The summed E-state index contributed by atoms with van der Waals surface area (Å²) < 4.78 is 8.78. The van der Waals surface area contributed by atoms with Crippen molar-refractivity contribution in [2.75, 3.05) is 19.0 Å². The van der Waals surface area contributed by atoms with Crippen LogP contribution in [0.5, 0.6) is 0 Å². The van der Waals surface area contributed by atoms with Crippen LogP contribution in [-0.4, -0.2) is 37.3 Å². The van der Waals surface area contributed by atoms with Gasteiger partial charge in [-0.05, 0) is 12.1 Å². The third kappa shape index (κ3) is 6.15. The van der Waals surface area contributed by atoms with Crippen LogP contribution in [0.4, 0.5) is 5.69 Å². The lowest BCUT2D eigenvalue weighted by atomic mass is 10.3. The van der Waals surface area contributed by atoms with Gasteiger partial charge in [0, 0.05) is 17.8 Å². The van der Waals surface area contributed by atoms with Gasteiger partial charge in [0.1, 0.15) is 0 Å². The van der Waals surface area contributed by atoms with Gasteiger partial charge in [0.2, 0.25) is 0 Å². The maximum absolute atomic E-state index is 11.5. The van der Waals surface area contributed by atoms with E-state index in [2.05, 4.69) is 14.8 Å². The largest absolute Gasteiger partial charge is 0.466 e. The summed E-state index contributed by atoms with van der Waals surface area (Å²) in [5.74, 6) is -3.48. The molecule has 1 aromatic rings. The fourth-order valence-electron chi connectivity index (χ4n) is 1.18. The van der Waals surface area contributed by atoms with Gasteiger partial charge in [-0.2, -0.15) is 0 Å². The van der Waals surface area contributed by atoms with Crippen LogP contribution >= 0.6 is 0 Å². The first kappa shape index (κ1) is 16.1. The Morgan fingerprint density at radius 2 is 1.67 bits per heavy atom. The highest BCUT2D eigenvalue weighted by molar-refractivity contribution is 6.41. The lowest BCUT2D eigenvalue weighted by molar-refractivity contribution is -0.146. The summed E-state index contributed by atoms with van der Waals surface area (Å²) >= 11 is 0. The first-order chi connectivity index (χ1) is 10.0. The van der Waals surface area contributed by atoms with Gasteiger partial charge in [-0.15, -0.1) is 0 Å². The molecular weight excluding hydrogens is 278 g/mol. The number of hydrogen-bond donors (Lipinski definition) is 1. The summed E-state index contributed by atoms with van der Waals surface area (Å²) in [4.78, 5) is 44.8. The minimum absolute atomic E-state index is 0.452. The number of anilines is 1. The van der Waals surface area contributed by atoms with Crippen molar-refractivity contribution >= 4 is 29.3 Å². The maximum Gasteiger partial charge on any atom is 0.331 e. The molecule has 0 spiro atoms. The molecule has 0 saturated heterocycles. The molecule has 0 aliphatic heterocycles. The van der Waals surface area contributed by atoms with Crippen molar-refractivity contribution in [3.63, 3.8) is 0 Å². The van der Waals surface area contributed by atoms with Crippen molar-refractivity contribution in [2.24, 2.45) is 0 Å². The van der Waals surface area contributed by atoms with E-state index in [1.165, 1.54) is 0 Å². The van der Waals surface area contributed by atoms with Crippen molar-refractivity contribution in [3.8, 4) is 0 Å². The Hall–Kier alpha value is -2.96. The molecule has 0 bridgehead atoms. The molecule has 1 aromatic carbocycles. The Morgan fingerprint density at radius 3 is 2.29 bits per heavy atom. The number of nitrogens with one attached hydrogen (secondary N) is 1. The van der Waals surface area contributed by atoms with Gasteiger partial charge in [0.15, 0.2) is 6.61 Å². The van der Waals surface area contributed by atoms with Crippen molar-refractivity contribution in [2.45, 2.75) is 0 Å². The van der Waals surface area contributed by atoms with Crippen LogP contribution in [0.15, 0.2) is 42.5 Å². The maximum atomic E-state index is 11.5. The predicted octanol–water partition coefficient (Wildman–Crippen LogP) is 0.467. The molecule has 0 saturated carbocycles. The average Bonchev–Trinajstić information content (AvgIpc) is 2.50. The van der Waals surface area contributed by atoms with E-state index in [-0.39, 0.29) is 0 Å². The zero-order valence-corrected chi connectivity index (χ0v) is 11.2. The fourth-order valence-corrected chi connectivity index (χ4v) is 1.18. The number of carbonyl (C=O) groups is 4. The summed E-state index contributed by atoms with van der Waals surface area (Å²) in [6, 6.07) is 8.36. The van der Waals surface area contributed by atoms with E-state index < -0.39 is 30.2 Å². The Balaban J connectivity index is 2.39. The summed E-state index contributed by atoms with van der Waals surface area (Å²) in [5.41, 5.74) is 0.452. The number of hydrogen-bond acceptors (Lipinski definition) is 6. The van der Waals surface area contributed by atoms with Crippen molar-refractivity contribution in [3.05, 3.63) is 42.5 Å². The second-order valence-corrected chi connectivity index (χ2v) is 3.71. The van der Waals surface area contributed by atoms with E-state index in [0.717, 1.165) is 19.3 Å². The van der Waals surface area contributed by atoms with E-state index in [1.54, 1.807) is 30.3 Å². The van der Waals surface area contributed by atoms with E-state index in [1.807, 2.05) is 0 Å². The monoisotopic (exact) mass is 291 g/mol. The minimum Gasteiger partial charge on any atom is -0.466 e. The number of benzene rings is 1. The van der Waals surface area contributed by atoms with Crippen LogP contribution in [-0.2, 0) is 28.7 Å². The SMILES string of the molecule is COC(=O)/C=C/C(=O)OCC(=O)C(=O)Nc1ccccc1. The van der Waals surface area contributed by atoms with Gasteiger partial charge in [0.05, 0.1) is 7.11 Å². The minimum atomic E-state index is -0.929. The molecule has 0 unspecified atom stereocenters. The van der Waals surface area contributed by atoms with Gasteiger partial charge in [-0.1, -0.05) is 18.2 Å². The van der Waals surface area contributed by atoms with Crippen LogP contribution in [0.1, 0.15) is 0 Å². The summed E-state index contributed by atoms with van der Waals surface area (Å²) in [7, 11) is 1.15. The average molecular weight is 291 g/mol. The number of rotatable bonds is 6. The van der Waals surface area contributed by atoms with Gasteiger partial charge >= 0.3 is 11.9 Å². The highest BCUT2D eigenvalue weighted by Gasteiger charge is 2.15. The Morgan fingerprint density at radius 1 is 1.05 bits per heavy atom. The van der Waals surface area contributed by atoms with Gasteiger partial charge in [-0.3, -0.25) is 9.59 Å². The third-order valence-corrected chi connectivity index (χ3v) is 2.19. The Bertz CT molecular complexity index is 564. The van der Waals surface area contributed by atoms with Crippen LogP contribution in [0, 0.1) is 0 Å². The summed E-state index contributed by atoms with van der Waals surface area (Å²) in [6.45, 7) is -0.719. The topological polar surface area (TPSA) is 98.8 Å². The first-order valence-electron chi connectivity index (χ1n) is 5.85. The number of ketones is 1. The molecule has 1 amide bonds. The molecule has 0 heterocycles. The quantitative estimate of drug-likeness (QED) is 0.464. The van der Waals surface area contributed by atoms with Crippen LogP contribution in [0.2, 0.25) is 0 Å². The molecule has 0 atom stereocenters. The van der Waals surface area contributed by atoms with Crippen molar-refractivity contribution in [1.29, 1.82) is 0 Å². The van der Waals surface area contributed by atoms with E-state index in [9.17, 15) is 19.2 Å². The standard InChI is InChI=1S/C14H13NO6/c1-20-12(17)7-8-13(18)21-9-11(16)14(19)15-10-5-3-2-4-6-10/h2-8H,9H2,1H3,(H,15,19)/b8-7+. The number of para-hydroxylation sites is 1. The van der Waals surface area contributed by atoms with Crippen LogP contribution in [0.3, 0.4) is 0 Å². The molecule has 110 valence electrons. The molecule has 0 aliphatic carbocycles. The molecular formula is C14H13NO6. The van der Waals surface area contributed by atoms with E-state index in [0.29, 0.717) is 5.69 Å². The number of esters is 2. The highest BCUT2D eigenvalue weighted by atomic mass is 16.5. The van der Waals surface area contributed by atoms with E-state index >= 15 is 0 Å². The zero-order valence-electron chi connectivity index (χ0n) is 11.2. The third-order valence-electron chi connectivity index (χ3n) is 2.19. The number of amides is 1. The smallest absolute Gasteiger partial charge is 0.331 e. The Kier molecular flexibility index (Phi) is 6.33. The molecule has 1 rings (SSSR count). The van der Waals surface area contributed by atoms with Crippen LogP contribution in [0.25, 0.3) is 0 Å². The number of ether oxygens (including phenoxy) is 2. The summed E-state index contributed by atoms with van der Waals surface area (Å²) in [6.07, 6.45) is 1.64. The lowest BCUT2D eigenvalue weighted by Gasteiger charge is -2.04. The molecule has 7 nitrogen and oxygen atoms in total. The highest BCUT2D eigenvalue weighted by Crippen LogP contribution is 2.04. The molecule has 0 aliphatic rings. The number of methoxy groups -OCH3 is 1. The van der Waals surface area contributed by atoms with Gasteiger partial charge in [-0.25, -0.2) is 9.59 Å². The second-order valence-electron chi connectivity index (χ2n) is 3.71. The molecule has 7 heteroatoms. The zero-order chi connectivity index (χ0) is 15.7. The molecule has 0 fully saturated rings. The van der Waals surface area contributed by atoms with Gasteiger partial charge < -0.3 is 14.8 Å². The fraction of sp³-hybridized carbons (Fsp3) is 0.143. The van der Waals surface area contributed by atoms with Crippen LogP contribution < -0.4 is 5.32 Å². The first-order valence-corrected chi connectivity index (χ1v) is 5.85. The van der Waals surface area contributed by atoms with Crippen molar-refractivity contribution in [1.82, 2.24) is 0 Å². The lowest BCUT2D eigenvalue weighted by Crippen LogP contribution is -2.27. The van der Waals surface area contributed by atoms with Crippen molar-refractivity contribution < 1.29 is 28.7 Å². The number of Topliss-reactive ketones (excluding diaryl/α,β-unsaturated/α-hetero) is 1. The normalized spacial score (nSPS) is 9.95. The molecule has 1 N–H and O–H groups in total. The molecule has 0 aromatic heterocycles. The Labute approximate surface area is 120 Å². The van der Waals surface area contributed by atoms with E-state index in [4.69, 9.17) is 0 Å².